The molecule has 0 aliphatic rings. The molecular weight excluding hydrogens is 553 g/mol. The largest absolute Gasteiger partial charge is 0.398 e. The predicted octanol–water partition coefficient (Wildman–Crippen LogP) is 3.44. The highest BCUT2D eigenvalue weighted by Gasteiger charge is 2.17. The molecule has 0 aliphatic carbocycles. The summed E-state index contributed by atoms with van der Waals surface area (Å²) in [4.78, 5) is 16.4. The highest BCUT2D eigenvalue weighted by molar-refractivity contribution is 14.1. The van der Waals surface area contributed by atoms with Crippen LogP contribution < -0.4 is 16.8 Å². The molecule has 0 atom stereocenters. The summed E-state index contributed by atoms with van der Waals surface area (Å²) in [5, 5.41) is 3.07. The van der Waals surface area contributed by atoms with Gasteiger partial charge < -0.3 is 16.8 Å². The second-order valence-electron chi connectivity index (χ2n) is 7.03. The van der Waals surface area contributed by atoms with Gasteiger partial charge in [0.15, 0.2) is 9.84 Å². The fourth-order valence-electron chi connectivity index (χ4n) is 2.79. The zero-order chi connectivity index (χ0) is 24.4. The first-order valence-electron chi connectivity index (χ1n) is 10.2. The lowest BCUT2D eigenvalue weighted by Crippen LogP contribution is -2.06. The van der Waals surface area contributed by atoms with E-state index >= 15 is 0 Å². The molecule has 5 N–H and O–H groups in total. The summed E-state index contributed by atoms with van der Waals surface area (Å²) in [7, 11) is -1.41. The number of fused-ring (bicyclic) bond motifs is 2. The van der Waals surface area contributed by atoms with Gasteiger partial charge in [0, 0.05) is 36.7 Å². The van der Waals surface area contributed by atoms with Gasteiger partial charge in [-0.1, -0.05) is 13.3 Å². The Morgan fingerprint density at radius 2 is 1.39 bits per heavy atom. The first-order chi connectivity index (χ1) is 15.7. The van der Waals surface area contributed by atoms with Crippen LogP contribution in [0.2, 0.25) is 0 Å². The second kappa shape index (κ2) is 12.6. The number of halogens is 1. The Morgan fingerprint density at radius 3 is 1.91 bits per heavy atom. The van der Waals surface area contributed by atoms with Crippen LogP contribution in [-0.2, 0) is 9.84 Å². The normalized spacial score (nSPS) is 10.8. The Kier molecular flexibility index (Phi) is 10.1. The third kappa shape index (κ3) is 7.44. The van der Waals surface area contributed by atoms with Gasteiger partial charge in [-0.3, -0.25) is 19.9 Å². The molecule has 33 heavy (non-hydrogen) atoms. The van der Waals surface area contributed by atoms with Gasteiger partial charge in [0.1, 0.15) is 15.9 Å². The van der Waals surface area contributed by atoms with E-state index in [4.69, 9.17) is 11.5 Å². The minimum absolute atomic E-state index is 0.0492. The minimum atomic E-state index is -3.39. The molecule has 9 nitrogen and oxygen atoms in total. The predicted molar refractivity (Wildman–Crippen MR) is 143 cm³/mol. The number of nitrogens with one attached hydrogen (secondary N) is 1. The molecule has 11 heteroatoms. The molecule has 2 aromatic heterocycles. The van der Waals surface area contributed by atoms with E-state index < -0.39 is 9.84 Å². The van der Waals surface area contributed by atoms with Gasteiger partial charge >= 0.3 is 0 Å². The molecule has 4 rings (SSSR count). The van der Waals surface area contributed by atoms with Crippen LogP contribution in [0.4, 0.5) is 11.4 Å². The van der Waals surface area contributed by atoms with Crippen molar-refractivity contribution < 1.29 is 8.42 Å². The minimum Gasteiger partial charge on any atom is -0.398 e. The number of anilines is 2. The van der Waals surface area contributed by atoms with Crippen LogP contribution in [0.15, 0.2) is 53.9 Å². The molecule has 0 amide bonds. The van der Waals surface area contributed by atoms with Crippen molar-refractivity contribution in [3.05, 3.63) is 52.6 Å². The van der Waals surface area contributed by atoms with Gasteiger partial charge in [0.2, 0.25) is 0 Å². The number of hydrogen-bond acceptors (Lipinski definition) is 9. The van der Waals surface area contributed by atoms with E-state index in [1.807, 2.05) is 19.2 Å². The Balaban J connectivity index is 0.000000192. The van der Waals surface area contributed by atoms with Crippen LogP contribution in [0.1, 0.15) is 19.8 Å². The number of sulfone groups is 1. The lowest BCUT2D eigenvalue weighted by atomic mass is 10.2. The van der Waals surface area contributed by atoms with Gasteiger partial charge in [0.25, 0.3) is 0 Å². The third-order valence-electron chi connectivity index (χ3n) is 4.38. The molecule has 0 radical (unpaired) electrons. The van der Waals surface area contributed by atoms with Crippen molar-refractivity contribution in [3.63, 3.8) is 0 Å². The molecule has 0 saturated carbocycles. The van der Waals surface area contributed by atoms with Gasteiger partial charge in [-0.05, 0) is 66.9 Å². The Hall–Kier alpha value is -2.64. The Morgan fingerprint density at radius 1 is 0.879 bits per heavy atom. The number of nitrogens with two attached hydrogens (primary N) is 2. The van der Waals surface area contributed by atoms with Crippen molar-refractivity contribution in [2.24, 2.45) is 0 Å². The smallest absolute Gasteiger partial charge is 0.179 e. The van der Waals surface area contributed by atoms with Crippen molar-refractivity contribution in [2.75, 3.05) is 31.3 Å². The first kappa shape index (κ1) is 26.6. The Bertz CT molecular complexity index is 1310. The van der Waals surface area contributed by atoms with E-state index in [0.717, 1.165) is 33.1 Å². The molecule has 0 fully saturated rings. The summed E-state index contributed by atoms with van der Waals surface area (Å²) in [6.07, 6.45) is 9.99. The average Bonchev–Trinajstić information content (AvgIpc) is 2.80. The van der Waals surface area contributed by atoms with E-state index in [9.17, 15) is 8.42 Å². The van der Waals surface area contributed by atoms with Crippen LogP contribution in [0.3, 0.4) is 0 Å². The molecular formula is C22H28IN7O2S. The molecule has 0 spiro atoms. The quantitative estimate of drug-likeness (QED) is 0.187. The summed E-state index contributed by atoms with van der Waals surface area (Å²) in [6.45, 7) is 3.36. The SMILES string of the molecule is CCCCNC.CS(=O)(=O)c1c(N)ccc2nccnc12.Nc1ccc2nccnc2c1I. The van der Waals surface area contributed by atoms with Crippen LogP contribution >= 0.6 is 22.6 Å². The fourth-order valence-corrected chi connectivity index (χ4v) is 4.39. The highest BCUT2D eigenvalue weighted by atomic mass is 127. The summed E-state index contributed by atoms with van der Waals surface area (Å²) in [5.41, 5.74) is 14.9. The zero-order valence-electron chi connectivity index (χ0n) is 18.8. The van der Waals surface area contributed by atoms with Crippen LogP contribution in [0.5, 0.6) is 0 Å². The summed E-state index contributed by atoms with van der Waals surface area (Å²) in [6, 6.07) is 6.89. The van der Waals surface area contributed by atoms with E-state index in [1.54, 1.807) is 18.5 Å². The number of nitrogen functional groups attached to an aromatic ring is 2. The van der Waals surface area contributed by atoms with Crippen molar-refractivity contribution in [1.29, 1.82) is 0 Å². The molecule has 0 aliphatic heterocycles. The average molecular weight is 581 g/mol. The molecule has 176 valence electrons. The van der Waals surface area contributed by atoms with Crippen LogP contribution in [0, 0.1) is 3.57 Å². The van der Waals surface area contributed by atoms with Gasteiger partial charge in [0.05, 0.1) is 20.3 Å². The summed E-state index contributed by atoms with van der Waals surface area (Å²) in [5.74, 6) is 0. The van der Waals surface area contributed by atoms with E-state index in [-0.39, 0.29) is 10.6 Å². The number of benzene rings is 2. The fraction of sp³-hybridized carbons (Fsp3) is 0.273. The van der Waals surface area contributed by atoms with Crippen molar-refractivity contribution in [1.82, 2.24) is 25.3 Å². The maximum absolute atomic E-state index is 11.5. The number of nitrogens with zero attached hydrogens (tertiary/aromatic N) is 4. The monoisotopic (exact) mass is 581 g/mol. The third-order valence-corrected chi connectivity index (χ3v) is 6.69. The molecule has 4 aromatic rings. The Labute approximate surface area is 207 Å². The standard InChI is InChI=1S/C9H9N3O2S.C8H6IN3.C5H13N/c1-15(13,14)9-6(10)2-3-7-8(9)12-5-4-11-7;9-7-5(10)1-2-6-8(7)12-4-3-11-6;1-3-4-5-6-2/h2-5H,10H2,1H3;1-4H,10H2;6H,3-5H2,1-2H3. The van der Waals surface area contributed by atoms with E-state index in [1.165, 1.54) is 31.3 Å². The van der Waals surface area contributed by atoms with E-state index in [2.05, 4.69) is 54.8 Å². The van der Waals surface area contributed by atoms with Crippen LogP contribution in [0.25, 0.3) is 22.1 Å². The summed E-state index contributed by atoms with van der Waals surface area (Å²) >= 11 is 2.18. The highest BCUT2D eigenvalue weighted by Crippen LogP contribution is 2.25. The summed E-state index contributed by atoms with van der Waals surface area (Å²) < 4.78 is 24.0. The number of rotatable bonds is 4. The molecule has 2 aromatic carbocycles. The number of unbranched alkanes of at least 4 members (excludes halogenated alkanes) is 1. The van der Waals surface area contributed by atoms with Crippen molar-refractivity contribution >= 4 is 65.9 Å². The molecule has 0 bridgehead atoms. The van der Waals surface area contributed by atoms with Gasteiger partial charge in [-0.2, -0.15) is 0 Å². The van der Waals surface area contributed by atoms with Crippen LogP contribution in [-0.4, -0.2) is 48.2 Å². The first-order valence-corrected chi connectivity index (χ1v) is 13.2. The second-order valence-corrected chi connectivity index (χ2v) is 10.1. The van der Waals surface area contributed by atoms with E-state index in [0.29, 0.717) is 11.0 Å². The zero-order valence-corrected chi connectivity index (χ0v) is 21.8. The van der Waals surface area contributed by atoms with Crippen molar-refractivity contribution in [3.8, 4) is 0 Å². The van der Waals surface area contributed by atoms with Crippen molar-refractivity contribution in [2.45, 2.75) is 24.7 Å². The number of aromatic nitrogens is 4. The lowest BCUT2D eigenvalue weighted by molar-refractivity contribution is 0.603. The molecule has 2 heterocycles. The topological polar surface area (TPSA) is 150 Å². The molecule has 0 unspecified atom stereocenters. The maximum Gasteiger partial charge on any atom is 0.179 e. The van der Waals surface area contributed by atoms with Gasteiger partial charge in [-0.15, -0.1) is 0 Å². The number of hydrogen-bond donors (Lipinski definition) is 3. The van der Waals surface area contributed by atoms with Gasteiger partial charge in [-0.25, -0.2) is 8.42 Å². The lowest BCUT2D eigenvalue weighted by Gasteiger charge is -2.05. The molecule has 0 saturated heterocycles. The maximum atomic E-state index is 11.5.